The molecule has 0 aliphatic heterocycles. The number of H-pyrrole nitrogens is 1. The molecule has 4 aromatic rings. The first-order chi connectivity index (χ1) is 13.8. The molecule has 3 aromatic heterocycles. The number of halogens is 2. The monoisotopic (exact) mass is 408 g/mol. The van der Waals surface area contributed by atoms with Crippen LogP contribution in [0.3, 0.4) is 0 Å². The molecule has 0 saturated carbocycles. The predicted molar refractivity (Wildman–Crippen MR) is 109 cm³/mol. The molecule has 0 radical (unpaired) electrons. The van der Waals surface area contributed by atoms with Crippen molar-refractivity contribution in [2.24, 2.45) is 5.73 Å². The summed E-state index contributed by atoms with van der Waals surface area (Å²) < 4.78 is 13.4. The molecule has 0 fully saturated rings. The van der Waals surface area contributed by atoms with E-state index in [9.17, 15) is 14.0 Å². The van der Waals surface area contributed by atoms with Crippen molar-refractivity contribution in [3.63, 3.8) is 0 Å². The van der Waals surface area contributed by atoms with Gasteiger partial charge in [0.25, 0.3) is 5.91 Å². The zero-order valence-electron chi connectivity index (χ0n) is 15.2. The number of carbonyl (C=O) groups is 1. The van der Waals surface area contributed by atoms with Gasteiger partial charge in [-0.05, 0) is 55.0 Å². The van der Waals surface area contributed by atoms with E-state index in [0.29, 0.717) is 28.1 Å². The lowest BCUT2D eigenvalue weighted by Gasteiger charge is -2.12. The molecule has 3 heterocycles. The molecule has 0 aliphatic carbocycles. The van der Waals surface area contributed by atoms with E-state index in [1.165, 1.54) is 18.3 Å². The number of primary amides is 1. The van der Waals surface area contributed by atoms with Gasteiger partial charge in [0.2, 0.25) is 5.43 Å². The zero-order valence-corrected chi connectivity index (χ0v) is 15.9. The van der Waals surface area contributed by atoms with Gasteiger partial charge >= 0.3 is 0 Å². The van der Waals surface area contributed by atoms with E-state index in [1.807, 2.05) is 0 Å². The third-order valence-corrected chi connectivity index (χ3v) is 4.67. The number of nitrogens with zero attached hydrogens (tertiary/aromatic N) is 2. The van der Waals surface area contributed by atoms with Crippen molar-refractivity contribution in [3.8, 4) is 22.4 Å². The summed E-state index contributed by atoms with van der Waals surface area (Å²) in [7, 11) is 0. The quantitative estimate of drug-likeness (QED) is 0.502. The summed E-state index contributed by atoms with van der Waals surface area (Å²) in [5.41, 5.74) is 7.99. The van der Waals surface area contributed by atoms with Crippen LogP contribution in [0.4, 0.5) is 4.39 Å². The summed E-state index contributed by atoms with van der Waals surface area (Å²) in [5, 5.41) is 0.484. The molecule has 3 N–H and O–H groups in total. The number of nitrogens with two attached hydrogens (primary N) is 1. The predicted octanol–water partition coefficient (Wildman–Crippen LogP) is 3.85. The largest absolute Gasteiger partial charge is 0.365 e. The molecule has 0 bridgehead atoms. The number of aromatic amines is 1. The lowest BCUT2D eigenvalue weighted by molar-refractivity contribution is 0.0999. The van der Waals surface area contributed by atoms with Crippen molar-refractivity contribution in [1.29, 1.82) is 0 Å². The van der Waals surface area contributed by atoms with Gasteiger partial charge in [0, 0.05) is 23.0 Å². The van der Waals surface area contributed by atoms with Crippen LogP contribution in [0.5, 0.6) is 0 Å². The maximum atomic E-state index is 13.4. The van der Waals surface area contributed by atoms with E-state index < -0.39 is 11.3 Å². The molecule has 0 aliphatic rings. The second-order valence-electron chi connectivity index (χ2n) is 6.50. The minimum Gasteiger partial charge on any atom is -0.365 e. The number of hydrogen-bond donors (Lipinski definition) is 2. The Hall–Kier alpha value is -3.58. The summed E-state index contributed by atoms with van der Waals surface area (Å²) in [6.07, 6.45) is 1.24. The van der Waals surface area contributed by atoms with Gasteiger partial charge in [-0.2, -0.15) is 0 Å². The van der Waals surface area contributed by atoms with E-state index in [2.05, 4.69) is 15.0 Å². The normalized spacial score (nSPS) is 11.0. The highest BCUT2D eigenvalue weighted by Crippen LogP contribution is 2.33. The van der Waals surface area contributed by atoms with Crippen LogP contribution < -0.4 is 11.2 Å². The fourth-order valence-corrected chi connectivity index (χ4v) is 3.41. The standard InChI is InChI=1S/C21H14ClFN4O2/c1-10-6-12(7-17(22)26-10)14-8-15-19(28)16(20(24)29)9-25-21(15)27-18(14)11-2-4-13(23)5-3-11/h2-9H,1H3,(H2,24,29)(H,25,27,28). The van der Waals surface area contributed by atoms with Gasteiger partial charge < -0.3 is 10.7 Å². The molecule has 0 saturated heterocycles. The average Bonchev–Trinajstić information content (AvgIpc) is 2.67. The Bertz CT molecular complexity index is 1310. The number of pyridine rings is 3. The maximum absolute atomic E-state index is 13.4. The van der Waals surface area contributed by atoms with E-state index >= 15 is 0 Å². The number of hydrogen-bond acceptors (Lipinski definition) is 4. The molecule has 1 amide bonds. The number of fused-ring (bicyclic) bond motifs is 1. The molecule has 8 heteroatoms. The minimum atomic E-state index is -0.833. The molecular formula is C21H14ClFN4O2. The molecule has 6 nitrogen and oxygen atoms in total. The third-order valence-electron chi connectivity index (χ3n) is 4.48. The molecule has 0 unspecified atom stereocenters. The summed E-state index contributed by atoms with van der Waals surface area (Å²) in [5.74, 6) is -1.21. The number of rotatable bonds is 3. The average molecular weight is 409 g/mol. The smallest absolute Gasteiger partial charge is 0.254 e. The van der Waals surface area contributed by atoms with Crippen LogP contribution in [0.15, 0.2) is 53.5 Å². The SMILES string of the molecule is Cc1cc(-c2cc3c(=O)c(C(N)=O)c[nH]c3nc2-c2ccc(F)cc2)cc(Cl)n1. The first kappa shape index (κ1) is 18.8. The Morgan fingerprint density at radius 3 is 2.48 bits per heavy atom. The van der Waals surface area contributed by atoms with Crippen molar-refractivity contribution in [1.82, 2.24) is 15.0 Å². The second-order valence-corrected chi connectivity index (χ2v) is 6.89. The Morgan fingerprint density at radius 2 is 1.83 bits per heavy atom. The van der Waals surface area contributed by atoms with Crippen LogP contribution in [0.1, 0.15) is 16.1 Å². The molecule has 1 aromatic carbocycles. The summed E-state index contributed by atoms with van der Waals surface area (Å²) >= 11 is 6.13. The Morgan fingerprint density at radius 1 is 1.10 bits per heavy atom. The fraction of sp³-hybridized carbons (Fsp3) is 0.0476. The topological polar surface area (TPSA) is 102 Å². The van der Waals surface area contributed by atoms with Gasteiger partial charge in [-0.15, -0.1) is 0 Å². The molecule has 4 rings (SSSR count). The van der Waals surface area contributed by atoms with Crippen LogP contribution in [0.25, 0.3) is 33.4 Å². The van der Waals surface area contributed by atoms with Gasteiger partial charge in [0.1, 0.15) is 22.2 Å². The number of nitrogens with one attached hydrogen (secondary N) is 1. The molecular weight excluding hydrogens is 395 g/mol. The lowest BCUT2D eigenvalue weighted by Crippen LogP contribution is -2.22. The third kappa shape index (κ3) is 3.48. The minimum absolute atomic E-state index is 0.163. The highest BCUT2D eigenvalue weighted by molar-refractivity contribution is 6.29. The van der Waals surface area contributed by atoms with E-state index in [0.717, 1.165) is 0 Å². The molecule has 29 heavy (non-hydrogen) atoms. The molecule has 144 valence electrons. The fourth-order valence-electron chi connectivity index (χ4n) is 3.16. The number of aromatic nitrogens is 3. The van der Waals surface area contributed by atoms with E-state index in [4.69, 9.17) is 17.3 Å². The highest BCUT2D eigenvalue weighted by Gasteiger charge is 2.17. The van der Waals surface area contributed by atoms with Crippen molar-refractivity contribution in [3.05, 3.63) is 81.1 Å². The van der Waals surface area contributed by atoms with Crippen molar-refractivity contribution >= 4 is 28.5 Å². The van der Waals surface area contributed by atoms with E-state index in [1.54, 1.807) is 37.3 Å². The van der Waals surface area contributed by atoms with Crippen molar-refractivity contribution in [2.75, 3.05) is 0 Å². The summed E-state index contributed by atoms with van der Waals surface area (Å²) in [4.78, 5) is 35.9. The van der Waals surface area contributed by atoms with Gasteiger partial charge in [0.15, 0.2) is 0 Å². The van der Waals surface area contributed by atoms with Crippen LogP contribution in [-0.4, -0.2) is 20.9 Å². The van der Waals surface area contributed by atoms with Crippen molar-refractivity contribution < 1.29 is 9.18 Å². The number of benzene rings is 1. The maximum Gasteiger partial charge on any atom is 0.254 e. The first-order valence-corrected chi connectivity index (χ1v) is 8.98. The van der Waals surface area contributed by atoms with Crippen molar-refractivity contribution in [2.45, 2.75) is 6.92 Å². The summed E-state index contributed by atoms with van der Waals surface area (Å²) in [6.45, 7) is 1.79. The second kappa shape index (κ2) is 7.10. The number of carbonyl (C=O) groups excluding carboxylic acids is 1. The summed E-state index contributed by atoms with van der Waals surface area (Å²) in [6, 6.07) is 10.9. The Labute approximate surface area is 169 Å². The van der Waals surface area contributed by atoms with E-state index in [-0.39, 0.29) is 27.6 Å². The van der Waals surface area contributed by atoms with Crippen LogP contribution >= 0.6 is 11.6 Å². The highest BCUT2D eigenvalue weighted by atomic mass is 35.5. The van der Waals surface area contributed by atoms with Gasteiger partial charge in [-0.3, -0.25) is 9.59 Å². The molecule has 0 spiro atoms. The Balaban J connectivity index is 2.09. The number of aryl methyl sites for hydroxylation is 1. The van der Waals surface area contributed by atoms with Gasteiger partial charge in [0.05, 0.1) is 11.1 Å². The first-order valence-electron chi connectivity index (χ1n) is 8.60. The number of amides is 1. The Kier molecular flexibility index (Phi) is 4.60. The van der Waals surface area contributed by atoms with Gasteiger partial charge in [-0.25, -0.2) is 14.4 Å². The molecule has 0 atom stereocenters. The van der Waals surface area contributed by atoms with Crippen LogP contribution in [-0.2, 0) is 0 Å². The van der Waals surface area contributed by atoms with Crippen LogP contribution in [0, 0.1) is 12.7 Å². The van der Waals surface area contributed by atoms with Crippen LogP contribution in [0.2, 0.25) is 5.15 Å². The zero-order chi connectivity index (χ0) is 20.7. The lowest BCUT2D eigenvalue weighted by atomic mass is 9.98. The van der Waals surface area contributed by atoms with Gasteiger partial charge in [-0.1, -0.05) is 11.6 Å².